The first-order valence-corrected chi connectivity index (χ1v) is 22.0. The number of nitrogens with two attached hydrogens (primary N) is 1. The van der Waals surface area contributed by atoms with E-state index in [1.165, 1.54) is 14.7 Å². The van der Waals surface area contributed by atoms with Crippen LogP contribution < -0.4 is 16.4 Å². The number of nitrogens with zero attached hydrogens (tertiary/aromatic N) is 4. The Kier molecular flexibility index (Phi) is 17.2. The van der Waals surface area contributed by atoms with Gasteiger partial charge in [0.1, 0.15) is 30.3 Å². The van der Waals surface area contributed by atoms with E-state index in [0.717, 1.165) is 11.1 Å². The van der Waals surface area contributed by atoms with E-state index in [9.17, 15) is 28.8 Å². The van der Waals surface area contributed by atoms with Gasteiger partial charge in [-0.15, -0.1) is 0 Å². The molecule has 4 aromatic carbocycles. The SMILES string of the molecule is CCN(CCN(C)C(=O)c1ccccc1)C(=O)O[C@@H]1C[C@@H](C(=O)N[C@@H](CCCCN)C(=O)c2nc3ccccc3o2)N(C(=O)[C@@H](CCc2ccccc2)NC(=O)OCc2ccccc2)C1. The van der Waals surface area contributed by atoms with Gasteiger partial charge in [0.2, 0.25) is 17.6 Å². The van der Waals surface area contributed by atoms with E-state index < -0.39 is 54.0 Å². The maximum Gasteiger partial charge on any atom is 0.410 e. The van der Waals surface area contributed by atoms with Crippen molar-refractivity contribution in [2.75, 3.05) is 39.8 Å². The highest BCUT2D eigenvalue weighted by atomic mass is 16.6. The molecule has 4 atom stereocenters. The van der Waals surface area contributed by atoms with Gasteiger partial charge in [-0.05, 0) is 81.0 Å². The minimum atomic E-state index is -1.22. The summed E-state index contributed by atoms with van der Waals surface area (Å²) in [5.74, 6) is -2.20. The monoisotopic (exact) mass is 887 g/mol. The average Bonchev–Trinajstić information content (AvgIpc) is 3.97. The number of amides is 5. The number of ether oxygens (including phenoxy) is 2. The number of likely N-dealkylation sites (N-methyl/N-ethyl adjacent to an activating group) is 2. The Morgan fingerprint density at radius 1 is 0.815 bits per heavy atom. The maximum absolute atomic E-state index is 14.8. The second-order valence-electron chi connectivity index (χ2n) is 15.9. The predicted molar refractivity (Wildman–Crippen MR) is 243 cm³/mol. The first-order valence-electron chi connectivity index (χ1n) is 22.0. The van der Waals surface area contributed by atoms with Crippen LogP contribution in [0.3, 0.4) is 0 Å². The van der Waals surface area contributed by atoms with Crippen LogP contribution in [0.4, 0.5) is 9.59 Å². The second kappa shape index (κ2) is 23.6. The number of unbranched alkanes of at least 4 members (excludes halogenated alkanes) is 1. The van der Waals surface area contributed by atoms with Gasteiger partial charge >= 0.3 is 12.2 Å². The van der Waals surface area contributed by atoms with Gasteiger partial charge in [0, 0.05) is 38.7 Å². The number of fused-ring (bicyclic) bond motifs is 1. The zero-order valence-electron chi connectivity index (χ0n) is 36.8. The fraction of sp³-hybridized carbons (Fsp3) is 0.367. The highest BCUT2D eigenvalue weighted by molar-refractivity contribution is 6.01. The molecule has 65 heavy (non-hydrogen) atoms. The van der Waals surface area contributed by atoms with Crippen LogP contribution >= 0.6 is 0 Å². The van der Waals surface area contributed by atoms with Crippen LogP contribution in [-0.4, -0.2) is 119 Å². The number of hydrogen-bond donors (Lipinski definition) is 3. The summed E-state index contributed by atoms with van der Waals surface area (Å²) in [4.78, 5) is 92.0. The Labute approximate surface area is 378 Å². The minimum absolute atomic E-state index is 0.0389. The summed E-state index contributed by atoms with van der Waals surface area (Å²) in [6.45, 7) is 2.54. The molecule has 16 nitrogen and oxygen atoms in total. The standard InChI is InChI=1S/C49H57N7O9/c1-3-55(30-29-54(2)46(59)36-21-11-6-12-22-36)49(62)64-37-31-41(44(58)51-39(24-15-16-28-50)43(57)45-52-38-23-13-14-25-42(38)65-45)56(32-37)47(60)40(27-26-34-17-7-4-8-18-34)53-48(61)63-33-35-19-9-5-10-20-35/h4-14,17-23,25,37,39-41H,3,15-16,24,26-33,50H2,1-2H3,(H,51,58)(H,53,61)/t37-,39+,40-,41+/m1/s1. The van der Waals surface area contributed by atoms with E-state index >= 15 is 0 Å². The molecule has 1 fully saturated rings. The van der Waals surface area contributed by atoms with Crippen LogP contribution in [0, 0.1) is 0 Å². The van der Waals surface area contributed by atoms with Crippen molar-refractivity contribution in [1.29, 1.82) is 0 Å². The average molecular weight is 888 g/mol. The number of rotatable bonds is 21. The van der Waals surface area contributed by atoms with Crippen LogP contribution in [0.25, 0.3) is 11.1 Å². The van der Waals surface area contributed by atoms with E-state index in [4.69, 9.17) is 19.6 Å². The van der Waals surface area contributed by atoms with Crippen molar-refractivity contribution in [3.05, 3.63) is 138 Å². The van der Waals surface area contributed by atoms with Crippen molar-refractivity contribution in [3.63, 3.8) is 0 Å². The van der Waals surface area contributed by atoms with Crippen molar-refractivity contribution in [3.8, 4) is 0 Å². The zero-order chi connectivity index (χ0) is 46.1. The van der Waals surface area contributed by atoms with Crippen LogP contribution in [-0.2, 0) is 32.1 Å². The lowest BCUT2D eigenvalue weighted by Crippen LogP contribution is -2.55. The Hall–Kier alpha value is -7.07. The van der Waals surface area contributed by atoms with Gasteiger partial charge in [-0.1, -0.05) is 91.0 Å². The highest BCUT2D eigenvalue weighted by Crippen LogP contribution is 2.25. The number of carbonyl (C=O) groups excluding carboxylic acids is 6. The molecule has 1 aliphatic heterocycles. The summed E-state index contributed by atoms with van der Waals surface area (Å²) in [7, 11) is 1.65. The quantitative estimate of drug-likeness (QED) is 0.0597. The molecule has 1 saturated heterocycles. The van der Waals surface area contributed by atoms with Crippen LogP contribution in [0.5, 0.6) is 0 Å². The number of nitrogens with one attached hydrogen (secondary N) is 2. The summed E-state index contributed by atoms with van der Waals surface area (Å²) in [6.07, 6.45) is -0.756. The molecule has 5 aromatic rings. The molecule has 1 aromatic heterocycles. The lowest BCUT2D eigenvalue weighted by Gasteiger charge is -2.29. The topological polar surface area (TPSA) is 207 Å². The summed E-state index contributed by atoms with van der Waals surface area (Å²) in [5, 5.41) is 5.60. The minimum Gasteiger partial charge on any atom is -0.445 e. The van der Waals surface area contributed by atoms with E-state index in [2.05, 4.69) is 15.6 Å². The van der Waals surface area contributed by atoms with Gasteiger partial charge in [-0.3, -0.25) is 19.2 Å². The number of ketones is 1. The molecular weight excluding hydrogens is 831 g/mol. The molecule has 2 heterocycles. The van der Waals surface area contributed by atoms with Crippen LogP contribution in [0.15, 0.2) is 120 Å². The molecular formula is C49H57N7O9. The largest absolute Gasteiger partial charge is 0.445 e. The molecule has 5 amide bonds. The van der Waals surface area contributed by atoms with Gasteiger partial charge in [-0.25, -0.2) is 14.6 Å². The Bertz CT molecular complexity index is 2330. The van der Waals surface area contributed by atoms with Gasteiger partial charge in [0.25, 0.3) is 11.8 Å². The number of para-hydroxylation sites is 2. The maximum atomic E-state index is 14.8. The molecule has 0 saturated carbocycles. The smallest absolute Gasteiger partial charge is 0.410 e. The lowest BCUT2D eigenvalue weighted by atomic mass is 10.0. The van der Waals surface area contributed by atoms with Gasteiger partial charge in [0.15, 0.2) is 5.58 Å². The fourth-order valence-electron chi connectivity index (χ4n) is 7.62. The molecule has 6 rings (SSSR count). The lowest BCUT2D eigenvalue weighted by molar-refractivity contribution is -0.140. The summed E-state index contributed by atoms with van der Waals surface area (Å²) < 4.78 is 17.3. The molecule has 1 aliphatic rings. The molecule has 0 radical (unpaired) electrons. The number of alkyl carbamates (subject to hydrolysis) is 1. The van der Waals surface area contributed by atoms with E-state index in [1.54, 1.807) is 74.6 Å². The number of benzene rings is 4. The third kappa shape index (κ3) is 13.2. The molecule has 0 spiro atoms. The van der Waals surface area contributed by atoms with Crippen molar-refractivity contribution in [2.45, 2.75) is 76.3 Å². The molecule has 342 valence electrons. The second-order valence-corrected chi connectivity index (χ2v) is 15.9. The number of oxazole rings is 1. The van der Waals surface area contributed by atoms with Gasteiger partial charge in [-0.2, -0.15) is 0 Å². The molecule has 0 bridgehead atoms. The van der Waals surface area contributed by atoms with Gasteiger partial charge < -0.3 is 45.0 Å². The Balaban J connectivity index is 1.23. The third-order valence-corrected chi connectivity index (χ3v) is 11.3. The molecule has 16 heteroatoms. The van der Waals surface area contributed by atoms with Crippen LogP contribution in [0.1, 0.15) is 71.2 Å². The normalized spacial score (nSPS) is 15.4. The molecule has 4 N–H and O–H groups in total. The zero-order valence-corrected chi connectivity index (χ0v) is 36.8. The van der Waals surface area contributed by atoms with E-state index in [1.807, 2.05) is 54.6 Å². The number of carbonyl (C=O) groups is 6. The van der Waals surface area contributed by atoms with Gasteiger partial charge in [0.05, 0.1) is 12.6 Å². The number of hydrogen-bond acceptors (Lipinski definition) is 11. The first kappa shape index (κ1) is 47.4. The van der Waals surface area contributed by atoms with E-state index in [0.29, 0.717) is 42.5 Å². The summed E-state index contributed by atoms with van der Waals surface area (Å²) >= 11 is 0. The number of Topliss-reactive ketones (excluding diaryl/α,β-unsaturated/α-hetero) is 1. The summed E-state index contributed by atoms with van der Waals surface area (Å²) in [6, 6.07) is 30.8. The van der Waals surface area contributed by atoms with Crippen molar-refractivity contribution in [2.24, 2.45) is 5.73 Å². The van der Waals surface area contributed by atoms with Crippen molar-refractivity contribution < 1.29 is 42.7 Å². The van der Waals surface area contributed by atoms with E-state index in [-0.39, 0.29) is 63.8 Å². The van der Waals surface area contributed by atoms with Crippen LogP contribution in [0.2, 0.25) is 0 Å². The molecule has 0 aliphatic carbocycles. The van der Waals surface area contributed by atoms with Crippen molar-refractivity contribution >= 4 is 46.8 Å². The Morgan fingerprint density at radius 3 is 2.15 bits per heavy atom. The summed E-state index contributed by atoms with van der Waals surface area (Å²) in [5.41, 5.74) is 8.86. The number of aromatic nitrogens is 1. The third-order valence-electron chi connectivity index (χ3n) is 11.3. The predicted octanol–water partition coefficient (Wildman–Crippen LogP) is 5.75. The van der Waals surface area contributed by atoms with Crippen molar-refractivity contribution in [1.82, 2.24) is 30.3 Å². The fourth-order valence-corrected chi connectivity index (χ4v) is 7.62. The number of aryl methyl sites for hydroxylation is 1. The Morgan fingerprint density at radius 2 is 1.48 bits per heavy atom. The molecule has 0 unspecified atom stereocenters. The number of likely N-dealkylation sites (tertiary alicyclic amines) is 1. The first-order chi connectivity index (χ1) is 31.5. The highest BCUT2D eigenvalue weighted by Gasteiger charge is 2.45.